The van der Waals surface area contributed by atoms with Gasteiger partial charge in [-0.2, -0.15) is 13.5 Å². The van der Waals surface area contributed by atoms with Crippen LogP contribution in [-0.4, -0.2) is 94.8 Å². The molecule has 16 nitrogen and oxygen atoms in total. The predicted molar refractivity (Wildman–Crippen MR) is 188 cm³/mol. The van der Waals surface area contributed by atoms with Crippen LogP contribution >= 0.6 is 54.0 Å². The van der Waals surface area contributed by atoms with Gasteiger partial charge in [0.15, 0.2) is 5.75 Å². The molecular weight excluding hydrogens is 821 g/mol. The van der Waals surface area contributed by atoms with Crippen molar-refractivity contribution >= 4 is 92.5 Å². The predicted octanol–water partition coefficient (Wildman–Crippen LogP) is 3.77. The van der Waals surface area contributed by atoms with Gasteiger partial charge in [-0.25, -0.2) is 22.6 Å². The largest absolute Gasteiger partial charge is 0.778 e. The summed E-state index contributed by atoms with van der Waals surface area (Å²) >= 11 is 23.2. The standard InChI is InChI=1S/C11H10Cl2F2N4O3S.C8H6Cl2O3.C3H8NO5P.C3H9S/c1-5-16-19(11(20)18(5)10(14)15)9-4-8(17-23(2,21)22)6(12)3-7(9)13;1-13-7-5(10)3-2-4(9)6(7)8(11)12;5-3(6)1-4-2-10(7,8)9;1-4(2)3/h3-4,10,17H,1-2H3;2-3H,1H3,(H,11,12);4H,1-2H2,(H,5,6)(H2,7,8,9);1-3H3/q;;;+1/p-1. The number of carboxylic acids is 2. The second-order valence-electron chi connectivity index (χ2n) is 9.63. The van der Waals surface area contributed by atoms with Gasteiger partial charge < -0.3 is 29.3 Å². The zero-order chi connectivity index (χ0) is 39.3. The minimum absolute atomic E-state index is 0.0257. The molecule has 282 valence electrons. The summed E-state index contributed by atoms with van der Waals surface area (Å²) in [5, 5.41) is 22.7. The minimum Gasteiger partial charge on any atom is -0.778 e. The molecule has 50 heavy (non-hydrogen) atoms. The highest BCUT2D eigenvalue weighted by atomic mass is 35.5. The van der Waals surface area contributed by atoms with Crippen LogP contribution in [0.15, 0.2) is 29.1 Å². The molecule has 0 radical (unpaired) electrons. The molecule has 0 aliphatic heterocycles. The maximum absolute atomic E-state index is 12.8. The number of nitrogens with one attached hydrogen (secondary N) is 2. The number of carbonyl (C=O) groups is 2. The van der Waals surface area contributed by atoms with Gasteiger partial charge in [0, 0.05) is 0 Å². The average Bonchev–Trinajstić information content (AvgIpc) is 3.23. The molecule has 3 rings (SSSR count). The Hall–Kier alpha value is -2.65. The molecule has 1 aromatic heterocycles. The van der Waals surface area contributed by atoms with E-state index in [1.807, 2.05) is 5.32 Å². The second-order valence-corrected chi connectivity index (χ2v) is 17.0. The molecule has 0 fully saturated rings. The molecular formula is C25H32Cl4F2N5O11PS2. The summed E-state index contributed by atoms with van der Waals surface area (Å²) < 4.78 is 66.0. The van der Waals surface area contributed by atoms with Crippen LogP contribution in [0, 0.1) is 6.92 Å². The number of halogens is 6. The molecule has 1 heterocycles. The Kier molecular flexibility index (Phi) is 19.9. The first-order valence-electron chi connectivity index (χ1n) is 12.9. The highest BCUT2D eigenvalue weighted by Gasteiger charge is 2.21. The maximum atomic E-state index is 12.8. The third-order valence-corrected chi connectivity index (χ3v) is 7.24. The van der Waals surface area contributed by atoms with Gasteiger partial charge in [0.2, 0.25) is 10.0 Å². The Bertz CT molecular complexity index is 1860. The van der Waals surface area contributed by atoms with Crippen LogP contribution in [0.3, 0.4) is 0 Å². The molecule has 1 atom stereocenters. The number of rotatable bonds is 10. The molecule has 1 unspecified atom stereocenters. The van der Waals surface area contributed by atoms with Crippen LogP contribution in [0.1, 0.15) is 22.7 Å². The lowest BCUT2D eigenvalue weighted by Gasteiger charge is -2.14. The summed E-state index contributed by atoms with van der Waals surface area (Å²) in [6.45, 7) is -2.33. The highest BCUT2D eigenvalue weighted by molar-refractivity contribution is 7.94. The van der Waals surface area contributed by atoms with Gasteiger partial charge >= 0.3 is 24.2 Å². The van der Waals surface area contributed by atoms with Crippen molar-refractivity contribution in [1.29, 1.82) is 0 Å². The van der Waals surface area contributed by atoms with Crippen molar-refractivity contribution in [3.8, 4) is 11.4 Å². The number of nitrogens with zero attached hydrogens (tertiary/aromatic N) is 3. The molecule has 0 saturated heterocycles. The third-order valence-electron chi connectivity index (χ3n) is 4.80. The summed E-state index contributed by atoms with van der Waals surface area (Å²) in [6.07, 6.45) is 6.78. The van der Waals surface area contributed by atoms with E-state index in [0.717, 1.165) is 12.3 Å². The summed E-state index contributed by atoms with van der Waals surface area (Å²) in [4.78, 5) is 50.5. The molecule has 0 saturated carbocycles. The smallest absolute Gasteiger partial charge is 0.355 e. The van der Waals surface area contributed by atoms with Crippen LogP contribution in [0.5, 0.6) is 5.75 Å². The van der Waals surface area contributed by atoms with Crippen molar-refractivity contribution in [2.24, 2.45) is 0 Å². The zero-order valence-corrected chi connectivity index (χ0v) is 32.3. The highest BCUT2D eigenvalue weighted by Crippen LogP contribution is 2.34. The molecule has 2 aromatic carbocycles. The quantitative estimate of drug-likeness (QED) is 0.144. The van der Waals surface area contributed by atoms with Gasteiger partial charge in [-0.15, -0.1) is 5.10 Å². The Morgan fingerprint density at radius 3 is 1.98 bits per heavy atom. The average molecular weight is 853 g/mol. The van der Waals surface area contributed by atoms with Crippen LogP contribution in [0.25, 0.3) is 5.69 Å². The number of aryl methyl sites for hydroxylation is 1. The van der Waals surface area contributed by atoms with Crippen molar-refractivity contribution in [3.63, 3.8) is 0 Å². The summed E-state index contributed by atoms with van der Waals surface area (Å²) in [6, 6.07) is 5.20. The number of alkyl halides is 2. The van der Waals surface area contributed by atoms with E-state index < -0.39 is 54.6 Å². The first-order chi connectivity index (χ1) is 22.7. The molecule has 0 aliphatic rings. The lowest BCUT2D eigenvalue weighted by atomic mass is 10.2. The molecule has 3 aromatic rings. The van der Waals surface area contributed by atoms with E-state index in [-0.39, 0.29) is 53.2 Å². The van der Waals surface area contributed by atoms with E-state index >= 15 is 0 Å². The van der Waals surface area contributed by atoms with Crippen molar-refractivity contribution in [3.05, 3.63) is 66.2 Å². The maximum Gasteiger partial charge on any atom is 0.355 e. The Morgan fingerprint density at radius 2 is 1.60 bits per heavy atom. The summed E-state index contributed by atoms with van der Waals surface area (Å²) in [5.41, 5.74) is -1.39. The molecule has 0 aliphatic carbocycles. The molecule has 0 bridgehead atoms. The number of sulfonamides is 1. The molecule has 0 spiro atoms. The van der Waals surface area contributed by atoms with Crippen LogP contribution < -0.4 is 25.4 Å². The monoisotopic (exact) mass is 851 g/mol. The molecule has 5 N–H and O–H groups in total. The van der Waals surface area contributed by atoms with Crippen molar-refractivity contribution in [2.45, 2.75) is 13.5 Å². The fraction of sp³-hybridized carbons (Fsp3) is 0.360. The van der Waals surface area contributed by atoms with Gasteiger partial charge in [-0.3, -0.25) is 14.8 Å². The summed E-state index contributed by atoms with van der Waals surface area (Å²) in [7, 11) is -6.02. The van der Waals surface area contributed by atoms with E-state index in [0.29, 0.717) is 15.6 Å². The number of anilines is 1. The lowest BCUT2D eigenvalue weighted by molar-refractivity contribution is -0.193. The van der Waals surface area contributed by atoms with Gasteiger partial charge in [-0.1, -0.05) is 46.4 Å². The normalized spacial score (nSPS) is 12.0. The minimum atomic E-state index is -4.35. The first-order valence-corrected chi connectivity index (χ1v) is 20.5. The zero-order valence-electron chi connectivity index (χ0n) is 26.8. The van der Waals surface area contributed by atoms with E-state index in [4.69, 9.17) is 66.2 Å². The number of methoxy groups -OCH3 is 1. The lowest BCUT2D eigenvalue weighted by Crippen LogP contribution is -2.25. The number of carboxylic acid groups (broad SMARTS) is 2. The van der Waals surface area contributed by atoms with Crippen LogP contribution in [0.4, 0.5) is 14.5 Å². The van der Waals surface area contributed by atoms with E-state index in [9.17, 15) is 41.0 Å². The number of benzene rings is 2. The SMILES string of the molecule is COc1c(Cl)ccc(Cl)c1C(=O)O.C[S+](C)C.Cc1nn(-c2cc(NS(C)(=O)=O)c(Cl)cc2Cl)c(=O)n1C(F)F.O=C(O)CNCP(=O)([O-])O. The first kappa shape index (κ1) is 47.4. The Labute approximate surface area is 307 Å². The van der Waals surface area contributed by atoms with E-state index in [1.54, 1.807) is 0 Å². The number of hydrogen-bond donors (Lipinski definition) is 5. The van der Waals surface area contributed by atoms with Crippen LogP contribution in [-0.2, 0) is 30.3 Å². The van der Waals surface area contributed by atoms with Gasteiger partial charge in [0.1, 0.15) is 19.0 Å². The van der Waals surface area contributed by atoms with Gasteiger partial charge in [0.05, 0.1) is 76.4 Å². The fourth-order valence-corrected chi connectivity index (χ4v) is 5.07. The molecule has 0 amide bonds. The number of aromatic carboxylic acids is 1. The van der Waals surface area contributed by atoms with Gasteiger partial charge in [-0.05, 0) is 42.1 Å². The van der Waals surface area contributed by atoms with Crippen molar-refractivity contribution < 1.29 is 56.1 Å². The van der Waals surface area contributed by atoms with E-state index in [2.05, 4.69) is 28.6 Å². The van der Waals surface area contributed by atoms with E-state index in [1.165, 1.54) is 32.2 Å². The Balaban J connectivity index is 0.000000750. The Morgan fingerprint density at radius 1 is 1.08 bits per heavy atom. The third kappa shape index (κ3) is 17.0. The van der Waals surface area contributed by atoms with Crippen molar-refractivity contribution in [1.82, 2.24) is 19.7 Å². The fourth-order valence-electron chi connectivity index (χ4n) is 3.07. The topological polar surface area (TPSA) is 242 Å². The number of ether oxygens (including phenoxy) is 1. The van der Waals surface area contributed by atoms with Crippen molar-refractivity contribution in [2.75, 3.05) is 49.7 Å². The molecule has 25 heteroatoms. The number of hydrogen-bond acceptors (Lipinski definition) is 10. The second kappa shape index (κ2) is 21.0. The van der Waals surface area contributed by atoms with Crippen LogP contribution in [0.2, 0.25) is 20.1 Å². The number of aromatic nitrogens is 3. The van der Waals surface area contributed by atoms with Gasteiger partial charge in [0.25, 0.3) is 0 Å². The summed E-state index contributed by atoms with van der Waals surface area (Å²) in [5.74, 6) is -2.48. The number of aliphatic carboxylic acids is 1.